The Morgan fingerprint density at radius 2 is 1.89 bits per heavy atom. The van der Waals surface area contributed by atoms with E-state index in [0.717, 1.165) is 10.1 Å². The number of rotatable bonds is 1. The van der Waals surface area contributed by atoms with Crippen LogP contribution in [-0.4, -0.2) is 19.7 Å². The minimum atomic E-state index is -0.494. The van der Waals surface area contributed by atoms with Crippen molar-refractivity contribution in [2.45, 2.75) is 0 Å². The van der Waals surface area contributed by atoms with Gasteiger partial charge in [0.2, 0.25) is 0 Å². The molecule has 0 saturated heterocycles. The second-order valence-electron chi connectivity index (χ2n) is 4.12. The molecular formula is C12H9ClN4O2. The molecule has 7 heteroatoms. The van der Waals surface area contributed by atoms with Gasteiger partial charge in [-0.3, -0.25) is 19.4 Å². The summed E-state index contributed by atoms with van der Waals surface area (Å²) in [4.78, 5) is 26.1. The Morgan fingerprint density at radius 1 is 1.21 bits per heavy atom. The molecule has 1 aromatic carbocycles. The molecule has 0 aliphatic rings. The highest BCUT2D eigenvalue weighted by molar-refractivity contribution is 6.30. The summed E-state index contributed by atoms with van der Waals surface area (Å²) in [5.74, 6) is 0. The van der Waals surface area contributed by atoms with Gasteiger partial charge in [0.1, 0.15) is 5.39 Å². The molecule has 0 unspecified atom stereocenters. The van der Waals surface area contributed by atoms with Crippen LogP contribution in [0.5, 0.6) is 0 Å². The zero-order chi connectivity index (χ0) is 13.6. The number of hydrogen-bond donors (Lipinski definition) is 2. The van der Waals surface area contributed by atoms with Crippen LogP contribution in [0.3, 0.4) is 0 Å². The van der Waals surface area contributed by atoms with Crippen LogP contribution in [0.2, 0.25) is 5.02 Å². The van der Waals surface area contributed by atoms with Crippen LogP contribution in [0.4, 0.5) is 0 Å². The fourth-order valence-corrected chi connectivity index (χ4v) is 2.04. The van der Waals surface area contributed by atoms with Crippen molar-refractivity contribution in [1.29, 1.82) is 0 Å². The van der Waals surface area contributed by atoms with Crippen LogP contribution in [0.15, 0.2) is 33.9 Å². The van der Waals surface area contributed by atoms with E-state index in [0.29, 0.717) is 16.1 Å². The van der Waals surface area contributed by atoms with Crippen molar-refractivity contribution in [3.05, 3.63) is 50.1 Å². The van der Waals surface area contributed by atoms with Crippen LogP contribution in [0.25, 0.3) is 22.3 Å². The van der Waals surface area contributed by atoms with Crippen molar-refractivity contribution < 1.29 is 0 Å². The van der Waals surface area contributed by atoms with E-state index in [9.17, 15) is 9.59 Å². The molecule has 0 amide bonds. The molecule has 0 saturated carbocycles. The first kappa shape index (κ1) is 11.7. The SMILES string of the molecule is Cn1c(=O)[nH]c2n[nH]c(-c3ccc(Cl)cc3)c2c1=O. The Morgan fingerprint density at radius 3 is 2.58 bits per heavy atom. The predicted molar refractivity (Wildman–Crippen MR) is 72.4 cm³/mol. The van der Waals surface area contributed by atoms with Gasteiger partial charge in [0.05, 0.1) is 5.69 Å². The van der Waals surface area contributed by atoms with Gasteiger partial charge in [-0.1, -0.05) is 23.7 Å². The predicted octanol–water partition coefficient (Wildman–Crippen LogP) is 1.27. The number of aromatic nitrogens is 4. The van der Waals surface area contributed by atoms with E-state index < -0.39 is 11.2 Å². The lowest BCUT2D eigenvalue weighted by atomic mass is 10.1. The fourth-order valence-electron chi connectivity index (χ4n) is 1.91. The van der Waals surface area contributed by atoms with Crippen molar-refractivity contribution in [3.63, 3.8) is 0 Å². The number of fused-ring (bicyclic) bond motifs is 1. The molecule has 3 rings (SSSR count). The van der Waals surface area contributed by atoms with Gasteiger partial charge in [-0.05, 0) is 12.1 Å². The van der Waals surface area contributed by atoms with Crippen molar-refractivity contribution in [2.75, 3.05) is 0 Å². The summed E-state index contributed by atoms with van der Waals surface area (Å²) >= 11 is 5.83. The molecule has 2 N–H and O–H groups in total. The van der Waals surface area contributed by atoms with Gasteiger partial charge in [0, 0.05) is 17.6 Å². The van der Waals surface area contributed by atoms with E-state index in [1.807, 2.05) is 0 Å². The third-order valence-corrected chi connectivity index (χ3v) is 3.20. The second kappa shape index (κ2) is 4.10. The summed E-state index contributed by atoms with van der Waals surface area (Å²) in [5.41, 5.74) is 0.696. The van der Waals surface area contributed by atoms with Gasteiger partial charge >= 0.3 is 5.69 Å². The summed E-state index contributed by atoms with van der Waals surface area (Å²) in [6.07, 6.45) is 0. The van der Waals surface area contributed by atoms with Gasteiger partial charge in [0.15, 0.2) is 5.65 Å². The average Bonchev–Trinajstić information content (AvgIpc) is 2.81. The lowest BCUT2D eigenvalue weighted by Gasteiger charge is -2.00. The quantitative estimate of drug-likeness (QED) is 0.702. The van der Waals surface area contributed by atoms with Gasteiger partial charge in [-0.15, -0.1) is 0 Å². The van der Waals surface area contributed by atoms with E-state index >= 15 is 0 Å². The van der Waals surface area contributed by atoms with Crippen LogP contribution in [-0.2, 0) is 7.05 Å². The van der Waals surface area contributed by atoms with Crippen molar-refractivity contribution in [2.24, 2.45) is 7.05 Å². The maximum atomic E-state index is 12.1. The van der Waals surface area contributed by atoms with Crippen molar-refractivity contribution in [1.82, 2.24) is 19.7 Å². The van der Waals surface area contributed by atoms with E-state index in [-0.39, 0.29) is 5.65 Å². The lowest BCUT2D eigenvalue weighted by Crippen LogP contribution is -2.32. The normalized spacial score (nSPS) is 11.1. The number of H-pyrrole nitrogens is 2. The van der Waals surface area contributed by atoms with Crippen LogP contribution in [0, 0.1) is 0 Å². The molecule has 2 heterocycles. The topological polar surface area (TPSA) is 83.5 Å². The average molecular weight is 277 g/mol. The van der Waals surface area contributed by atoms with E-state index in [4.69, 9.17) is 11.6 Å². The summed E-state index contributed by atoms with van der Waals surface area (Å²) in [5, 5.41) is 7.68. The Bertz CT molecular complexity index is 873. The molecule has 0 aliphatic heterocycles. The minimum absolute atomic E-state index is 0.248. The van der Waals surface area contributed by atoms with Gasteiger partial charge < -0.3 is 0 Å². The Hall–Kier alpha value is -2.34. The third-order valence-electron chi connectivity index (χ3n) is 2.95. The molecule has 3 aromatic rings. The maximum Gasteiger partial charge on any atom is 0.329 e. The summed E-state index contributed by atoms with van der Waals surface area (Å²) in [6.45, 7) is 0. The smallest absolute Gasteiger partial charge is 0.290 e. The van der Waals surface area contributed by atoms with Crippen LogP contribution < -0.4 is 11.2 Å². The molecule has 0 spiro atoms. The second-order valence-corrected chi connectivity index (χ2v) is 4.56. The number of benzene rings is 1. The number of aromatic amines is 2. The highest BCUT2D eigenvalue weighted by Gasteiger charge is 2.14. The highest BCUT2D eigenvalue weighted by atomic mass is 35.5. The van der Waals surface area contributed by atoms with Crippen molar-refractivity contribution in [3.8, 4) is 11.3 Å². The molecule has 2 aromatic heterocycles. The standard InChI is InChI=1S/C12H9ClN4O2/c1-17-11(18)8-9(6-2-4-7(13)5-3-6)15-16-10(8)14-12(17)19/h2-5H,1H3,(H2,14,15,16,19). The molecule has 0 radical (unpaired) electrons. The van der Waals surface area contributed by atoms with Crippen molar-refractivity contribution >= 4 is 22.6 Å². The first-order chi connectivity index (χ1) is 9.08. The fraction of sp³-hybridized carbons (Fsp3) is 0.0833. The Kier molecular flexibility index (Phi) is 2.53. The molecule has 0 atom stereocenters. The zero-order valence-electron chi connectivity index (χ0n) is 9.90. The van der Waals surface area contributed by atoms with E-state index in [1.165, 1.54) is 7.05 Å². The van der Waals surface area contributed by atoms with E-state index in [2.05, 4.69) is 15.2 Å². The van der Waals surface area contributed by atoms with E-state index in [1.54, 1.807) is 24.3 Å². The number of halogens is 1. The third kappa shape index (κ3) is 1.77. The zero-order valence-corrected chi connectivity index (χ0v) is 10.7. The Balaban J connectivity index is 2.38. The molecule has 0 fully saturated rings. The molecule has 19 heavy (non-hydrogen) atoms. The first-order valence-electron chi connectivity index (χ1n) is 5.51. The molecule has 6 nitrogen and oxygen atoms in total. The summed E-state index contributed by atoms with van der Waals surface area (Å²) in [6, 6.07) is 7.00. The van der Waals surface area contributed by atoms with Crippen LogP contribution >= 0.6 is 11.6 Å². The monoisotopic (exact) mass is 276 g/mol. The molecule has 0 bridgehead atoms. The largest absolute Gasteiger partial charge is 0.329 e. The number of nitrogens with zero attached hydrogens (tertiary/aromatic N) is 2. The highest BCUT2D eigenvalue weighted by Crippen LogP contribution is 2.23. The number of hydrogen-bond acceptors (Lipinski definition) is 3. The summed E-state index contributed by atoms with van der Waals surface area (Å²) < 4.78 is 1.01. The Labute approximate surface area is 111 Å². The van der Waals surface area contributed by atoms with Gasteiger partial charge in [-0.2, -0.15) is 5.10 Å². The molecule has 96 valence electrons. The van der Waals surface area contributed by atoms with Gasteiger partial charge in [0.25, 0.3) is 5.56 Å². The minimum Gasteiger partial charge on any atom is -0.290 e. The first-order valence-corrected chi connectivity index (χ1v) is 5.89. The van der Waals surface area contributed by atoms with Crippen LogP contribution in [0.1, 0.15) is 0 Å². The molecule has 0 aliphatic carbocycles. The molecular weight excluding hydrogens is 268 g/mol. The van der Waals surface area contributed by atoms with Gasteiger partial charge in [-0.25, -0.2) is 4.79 Å². The maximum absolute atomic E-state index is 12.1. The summed E-state index contributed by atoms with van der Waals surface area (Å²) in [7, 11) is 1.42. The number of nitrogens with one attached hydrogen (secondary N) is 2. The lowest BCUT2D eigenvalue weighted by molar-refractivity contribution is 0.792.